The van der Waals surface area contributed by atoms with Gasteiger partial charge in [0.15, 0.2) is 0 Å². The highest BCUT2D eigenvalue weighted by atomic mass is 16.6. The van der Waals surface area contributed by atoms with Gasteiger partial charge >= 0.3 is 6.09 Å². The monoisotopic (exact) mass is 338 g/mol. The van der Waals surface area contributed by atoms with E-state index in [-0.39, 0.29) is 17.9 Å². The number of carbonyl (C=O) groups is 2. The number of rotatable bonds is 7. The lowest BCUT2D eigenvalue weighted by Crippen LogP contribution is -2.51. The first-order chi connectivity index (χ1) is 11.1. The van der Waals surface area contributed by atoms with Gasteiger partial charge in [-0.1, -0.05) is 13.8 Å². The summed E-state index contributed by atoms with van der Waals surface area (Å²) < 4.78 is 7.00. The highest BCUT2D eigenvalue weighted by Crippen LogP contribution is 2.10. The average molecular weight is 338 g/mol. The molecule has 0 aliphatic heterocycles. The number of aromatic nitrogens is 2. The van der Waals surface area contributed by atoms with Crippen LogP contribution in [0.15, 0.2) is 18.5 Å². The van der Waals surface area contributed by atoms with Gasteiger partial charge in [0.2, 0.25) is 5.91 Å². The van der Waals surface area contributed by atoms with E-state index in [4.69, 9.17) is 4.74 Å². The molecule has 0 aliphatic carbocycles. The number of hydrogen-bond donors (Lipinski definition) is 2. The Labute approximate surface area is 144 Å². The lowest BCUT2D eigenvalue weighted by Gasteiger charge is -2.25. The largest absolute Gasteiger partial charge is 0.444 e. The summed E-state index contributed by atoms with van der Waals surface area (Å²) in [6.07, 6.45) is 3.50. The summed E-state index contributed by atoms with van der Waals surface area (Å²) in [5, 5.41) is 9.72. The third-order valence-electron chi connectivity index (χ3n) is 3.12. The third-order valence-corrected chi connectivity index (χ3v) is 3.12. The normalized spacial score (nSPS) is 14.1. The van der Waals surface area contributed by atoms with Crippen LogP contribution in [-0.2, 0) is 16.1 Å². The van der Waals surface area contributed by atoms with Crippen molar-refractivity contribution in [1.29, 1.82) is 0 Å². The Morgan fingerprint density at radius 3 is 2.38 bits per heavy atom. The van der Waals surface area contributed by atoms with Gasteiger partial charge in [-0.15, -0.1) is 0 Å². The fraction of sp³-hybridized carbons (Fsp3) is 0.706. The molecule has 0 spiro atoms. The van der Waals surface area contributed by atoms with E-state index in [9.17, 15) is 9.59 Å². The zero-order chi connectivity index (χ0) is 18.3. The number of alkyl carbamates (subject to hydrolysis) is 1. The molecule has 0 aliphatic rings. The first-order valence-electron chi connectivity index (χ1n) is 8.34. The molecular formula is C17H30N4O3. The number of amides is 2. The quantitative estimate of drug-likeness (QED) is 0.799. The highest BCUT2D eigenvalue weighted by molar-refractivity contribution is 5.85. The van der Waals surface area contributed by atoms with E-state index in [1.165, 1.54) is 0 Å². The molecule has 0 radical (unpaired) electrons. The number of hydrogen-bond acceptors (Lipinski definition) is 4. The molecule has 0 fully saturated rings. The van der Waals surface area contributed by atoms with E-state index in [2.05, 4.69) is 15.7 Å². The summed E-state index contributed by atoms with van der Waals surface area (Å²) in [4.78, 5) is 24.5. The van der Waals surface area contributed by atoms with Gasteiger partial charge in [0.05, 0.1) is 6.54 Å². The summed E-state index contributed by atoms with van der Waals surface area (Å²) in [7, 11) is 0. The van der Waals surface area contributed by atoms with Crippen LogP contribution in [0, 0.1) is 5.92 Å². The molecular weight excluding hydrogens is 308 g/mol. The Bertz CT molecular complexity index is 520. The van der Waals surface area contributed by atoms with Crippen LogP contribution in [0.4, 0.5) is 4.79 Å². The molecule has 0 saturated heterocycles. The van der Waals surface area contributed by atoms with Crippen LogP contribution in [0.2, 0.25) is 0 Å². The lowest BCUT2D eigenvalue weighted by atomic mass is 10.0. The summed E-state index contributed by atoms with van der Waals surface area (Å²) in [5.41, 5.74) is -0.601. The Morgan fingerprint density at radius 1 is 1.21 bits per heavy atom. The fourth-order valence-corrected chi connectivity index (χ4v) is 2.23. The Hall–Kier alpha value is -2.05. The molecule has 7 heteroatoms. The van der Waals surface area contributed by atoms with Crippen molar-refractivity contribution in [2.45, 2.75) is 72.2 Å². The van der Waals surface area contributed by atoms with Gasteiger partial charge in [0.1, 0.15) is 11.6 Å². The van der Waals surface area contributed by atoms with Gasteiger partial charge < -0.3 is 15.4 Å². The molecule has 7 nitrogen and oxygen atoms in total. The summed E-state index contributed by atoms with van der Waals surface area (Å²) in [6.45, 7) is 11.8. The van der Waals surface area contributed by atoms with Crippen LogP contribution < -0.4 is 10.6 Å². The second-order valence-electron chi connectivity index (χ2n) is 7.47. The second kappa shape index (κ2) is 8.70. The van der Waals surface area contributed by atoms with Gasteiger partial charge in [-0.25, -0.2) is 4.79 Å². The zero-order valence-corrected chi connectivity index (χ0v) is 15.5. The molecule has 2 atom stereocenters. The number of nitrogens with one attached hydrogen (secondary N) is 2. The van der Waals surface area contributed by atoms with E-state index in [0.29, 0.717) is 13.0 Å². The van der Waals surface area contributed by atoms with Crippen molar-refractivity contribution in [3.8, 4) is 0 Å². The summed E-state index contributed by atoms with van der Waals surface area (Å²) >= 11 is 0. The number of ether oxygens (including phenoxy) is 1. The van der Waals surface area contributed by atoms with E-state index in [1.54, 1.807) is 31.6 Å². The molecule has 1 rings (SSSR count). The minimum atomic E-state index is -0.625. The molecule has 1 aromatic heterocycles. The van der Waals surface area contributed by atoms with E-state index >= 15 is 0 Å². The molecule has 136 valence electrons. The Kier molecular flexibility index (Phi) is 7.25. The van der Waals surface area contributed by atoms with Crippen LogP contribution in [-0.4, -0.2) is 39.5 Å². The van der Waals surface area contributed by atoms with Gasteiger partial charge in [0.25, 0.3) is 0 Å². The maximum Gasteiger partial charge on any atom is 0.408 e. The molecule has 24 heavy (non-hydrogen) atoms. The second-order valence-corrected chi connectivity index (χ2v) is 7.47. The highest BCUT2D eigenvalue weighted by Gasteiger charge is 2.26. The predicted octanol–water partition coefficient (Wildman–Crippen LogP) is 2.33. The van der Waals surface area contributed by atoms with Crippen LogP contribution in [0.3, 0.4) is 0 Å². The van der Waals surface area contributed by atoms with Crippen LogP contribution in [0.1, 0.15) is 48.0 Å². The van der Waals surface area contributed by atoms with Crippen molar-refractivity contribution in [2.24, 2.45) is 5.92 Å². The molecule has 1 aromatic rings. The smallest absolute Gasteiger partial charge is 0.408 e. The first-order valence-corrected chi connectivity index (χ1v) is 8.34. The molecule has 0 unspecified atom stereocenters. The minimum Gasteiger partial charge on any atom is -0.444 e. The van der Waals surface area contributed by atoms with Crippen molar-refractivity contribution in [3.05, 3.63) is 18.5 Å². The van der Waals surface area contributed by atoms with Gasteiger partial charge in [-0.05, 0) is 46.1 Å². The molecule has 0 aromatic carbocycles. The first kappa shape index (κ1) is 20.0. The standard InChI is InChI=1S/C17H30N4O3/c1-12(2)10-14(20-16(23)24-17(4,5)6)15(22)19-13(3)11-21-9-7-8-18-21/h7-9,12-14H,10-11H2,1-6H3,(H,19,22)(H,20,23)/t13-,14-/m0/s1. The SMILES string of the molecule is CC(C)C[C@H](NC(=O)OC(C)(C)C)C(=O)N[C@@H](C)Cn1cccn1. The molecule has 1 heterocycles. The van der Waals surface area contributed by atoms with Crippen LogP contribution in [0.25, 0.3) is 0 Å². The maximum atomic E-state index is 12.5. The van der Waals surface area contributed by atoms with Crippen molar-refractivity contribution >= 4 is 12.0 Å². The van der Waals surface area contributed by atoms with Crippen molar-refractivity contribution < 1.29 is 14.3 Å². The minimum absolute atomic E-state index is 0.104. The molecule has 0 bridgehead atoms. The lowest BCUT2D eigenvalue weighted by molar-refractivity contribution is -0.124. The summed E-state index contributed by atoms with van der Waals surface area (Å²) in [5.74, 6) is 0.0475. The van der Waals surface area contributed by atoms with E-state index in [1.807, 2.05) is 33.0 Å². The van der Waals surface area contributed by atoms with Gasteiger partial charge in [-0.2, -0.15) is 5.10 Å². The zero-order valence-electron chi connectivity index (χ0n) is 15.5. The summed E-state index contributed by atoms with van der Waals surface area (Å²) in [6, 6.07) is 1.10. The topological polar surface area (TPSA) is 85.2 Å². The van der Waals surface area contributed by atoms with Gasteiger partial charge in [-0.3, -0.25) is 9.48 Å². The predicted molar refractivity (Wildman–Crippen MR) is 92.4 cm³/mol. The Balaban J connectivity index is 2.61. The average Bonchev–Trinajstić information content (AvgIpc) is 2.87. The van der Waals surface area contributed by atoms with Gasteiger partial charge in [0, 0.05) is 18.4 Å². The third kappa shape index (κ3) is 7.99. The molecule has 0 saturated carbocycles. The van der Waals surface area contributed by atoms with Crippen molar-refractivity contribution in [2.75, 3.05) is 0 Å². The fourth-order valence-electron chi connectivity index (χ4n) is 2.23. The number of nitrogens with zero attached hydrogens (tertiary/aromatic N) is 2. The van der Waals surface area contributed by atoms with Crippen molar-refractivity contribution in [1.82, 2.24) is 20.4 Å². The maximum absolute atomic E-state index is 12.5. The Morgan fingerprint density at radius 2 is 1.88 bits per heavy atom. The van der Waals surface area contributed by atoms with Crippen LogP contribution in [0.5, 0.6) is 0 Å². The molecule has 2 amide bonds. The molecule has 2 N–H and O–H groups in total. The number of carbonyl (C=O) groups excluding carboxylic acids is 2. The van der Waals surface area contributed by atoms with Crippen molar-refractivity contribution in [3.63, 3.8) is 0 Å². The van der Waals surface area contributed by atoms with Crippen LogP contribution >= 0.6 is 0 Å². The van der Waals surface area contributed by atoms with E-state index < -0.39 is 17.7 Å². The van der Waals surface area contributed by atoms with E-state index in [0.717, 1.165) is 0 Å².